The smallest absolute Gasteiger partial charge is 0.332 e. The van der Waals surface area contributed by atoms with Crippen LogP contribution in [0.3, 0.4) is 0 Å². The minimum atomic E-state index is -4.33. The van der Waals surface area contributed by atoms with E-state index in [1.54, 1.807) is 12.4 Å². The zero-order chi connectivity index (χ0) is 17.2. The largest absolute Gasteiger partial charge is 0.416 e. The van der Waals surface area contributed by atoms with Crippen molar-refractivity contribution in [3.05, 3.63) is 59.2 Å². The minimum absolute atomic E-state index is 0.567. The van der Waals surface area contributed by atoms with Crippen molar-refractivity contribution in [1.82, 2.24) is 9.97 Å². The van der Waals surface area contributed by atoms with Gasteiger partial charge in [-0.25, -0.2) is 4.98 Å². The standard InChI is InChI=1S/C17H14F3N3S/c1-2-14-15(11-4-3-9-21-10-11)23-16(24-14)22-13-7-5-12(6-8-13)17(18,19)20/h3-10H,2H2,1H3,(H,22,23). The molecule has 2 heterocycles. The van der Waals surface area contributed by atoms with Crippen molar-refractivity contribution in [2.24, 2.45) is 0 Å². The Morgan fingerprint density at radius 2 is 1.88 bits per heavy atom. The molecule has 0 bridgehead atoms. The fourth-order valence-corrected chi connectivity index (χ4v) is 3.18. The first-order valence-corrected chi connectivity index (χ1v) is 8.13. The van der Waals surface area contributed by atoms with E-state index in [0.717, 1.165) is 34.7 Å². The normalized spacial score (nSPS) is 11.5. The second kappa shape index (κ2) is 6.60. The van der Waals surface area contributed by atoms with E-state index in [9.17, 15) is 13.2 Å². The molecule has 0 aliphatic heterocycles. The predicted octanol–water partition coefficient (Wildman–Crippen LogP) is 5.53. The molecule has 0 unspecified atom stereocenters. The van der Waals surface area contributed by atoms with E-state index in [1.165, 1.54) is 23.5 Å². The van der Waals surface area contributed by atoms with Crippen LogP contribution in [0.4, 0.5) is 24.0 Å². The number of hydrogen-bond donors (Lipinski definition) is 1. The third-order valence-electron chi connectivity index (χ3n) is 3.42. The average molecular weight is 349 g/mol. The Bertz CT molecular complexity index is 811. The number of anilines is 2. The van der Waals surface area contributed by atoms with Gasteiger partial charge < -0.3 is 5.32 Å². The Morgan fingerprint density at radius 3 is 2.46 bits per heavy atom. The molecule has 3 aromatic rings. The molecule has 0 atom stereocenters. The SMILES string of the molecule is CCc1sc(Nc2ccc(C(F)(F)F)cc2)nc1-c1cccnc1. The van der Waals surface area contributed by atoms with Gasteiger partial charge in [0.25, 0.3) is 0 Å². The Balaban J connectivity index is 1.85. The number of nitrogens with zero attached hydrogens (tertiary/aromatic N) is 2. The summed E-state index contributed by atoms with van der Waals surface area (Å²) in [5.41, 5.74) is 1.67. The van der Waals surface area contributed by atoms with E-state index in [2.05, 4.69) is 15.3 Å². The molecule has 0 saturated carbocycles. The molecule has 1 N–H and O–H groups in total. The molecular formula is C17H14F3N3S. The van der Waals surface area contributed by atoms with Gasteiger partial charge in [0.1, 0.15) is 0 Å². The molecule has 0 radical (unpaired) electrons. The zero-order valence-electron chi connectivity index (χ0n) is 12.8. The summed E-state index contributed by atoms with van der Waals surface area (Å²) >= 11 is 1.49. The van der Waals surface area contributed by atoms with Crippen LogP contribution in [0.15, 0.2) is 48.8 Å². The van der Waals surface area contributed by atoms with Crippen LogP contribution in [0.25, 0.3) is 11.3 Å². The number of aromatic nitrogens is 2. The maximum atomic E-state index is 12.6. The molecule has 0 aliphatic carbocycles. The predicted molar refractivity (Wildman–Crippen MR) is 89.4 cm³/mol. The molecular weight excluding hydrogens is 335 g/mol. The number of hydrogen-bond acceptors (Lipinski definition) is 4. The van der Waals surface area contributed by atoms with E-state index in [-0.39, 0.29) is 0 Å². The molecule has 0 saturated heterocycles. The molecule has 7 heteroatoms. The van der Waals surface area contributed by atoms with Gasteiger partial charge in [-0.1, -0.05) is 6.92 Å². The first kappa shape index (κ1) is 16.4. The molecule has 124 valence electrons. The molecule has 1 aromatic carbocycles. The minimum Gasteiger partial charge on any atom is -0.332 e. The quantitative estimate of drug-likeness (QED) is 0.673. The highest BCUT2D eigenvalue weighted by atomic mass is 32.1. The fraction of sp³-hybridized carbons (Fsp3) is 0.176. The molecule has 0 amide bonds. The van der Waals surface area contributed by atoms with Gasteiger partial charge in [0, 0.05) is 28.5 Å². The van der Waals surface area contributed by atoms with Crippen molar-refractivity contribution in [1.29, 1.82) is 0 Å². The molecule has 24 heavy (non-hydrogen) atoms. The van der Waals surface area contributed by atoms with Gasteiger partial charge in [-0.3, -0.25) is 4.98 Å². The molecule has 0 fully saturated rings. The number of thiazole rings is 1. The van der Waals surface area contributed by atoms with E-state index in [1.807, 2.05) is 19.1 Å². The van der Waals surface area contributed by atoms with Crippen molar-refractivity contribution in [2.75, 3.05) is 5.32 Å². The molecule has 2 aromatic heterocycles. The lowest BCUT2D eigenvalue weighted by molar-refractivity contribution is -0.137. The van der Waals surface area contributed by atoms with E-state index < -0.39 is 11.7 Å². The summed E-state index contributed by atoms with van der Waals surface area (Å²) in [5.74, 6) is 0. The van der Waals surface area contributed by atoms with Crippen LogP contribution in [0.2, 0.25) is 0 Å². The Morgan fingerprint density at radius 1 is 1.12 bits per heavy atom. The summed E-state index contributed by atoms with van der Waals surface area (Å²) in [6.45, 7) is 2.04. The van der Waals surface area contributed by atoms with Crippen molar-refractivity contribution < 1.29 is 13.2 Å². The number of halogens is 3. The van der Waals surface area contributed by atoms with Crippen LogP contribution in [0, 0.1) is 0 Å². The van der Waals surface area contributed by atoms with Crippen molar-refractivity contribution in [3.63, 3.8) is 0 Å². The van der Waals surface area contributed by atoms with Gasteiger partial charge in [0.05, 0.1) is 11.3 Å². The number of pyridine rings is 1. The average Bonchev–Trinajstić information content (AvgIpc) is 2.98. The Kier molecular flexibility index (Phi) is 4.53. The second-order valence-electron chi connectivity index (χ2n) is 5.09. The van der Waals surface area contributed by atoms with Gasteiger partial charge in [0.15, 0.2) is 5.13 Å². The summed E-state index contributed by atoms with van der Waals surface area (Å²) in [6, 6.07) is 8.69. The van der Waals surface area contributed by atoms with Crippen LogP contribution < -0.4 is 5.32 Å². The third kappa shape index (κ3) is 3.56. The van der Waals surface area contributed by atoms with Gasteiger partial charge >= 0.3 is 6.18 Å². The van der Waals surface area contributed by atoms with Crippen LogP contribution in [-0.2, 0) is 12.6 Å². The lowest BCUT2D eigenvalue weighted by Crippen LogP contribution is -2.04. The summed E-state index contributed by atoms with van der Waals surface area (Å²) in [5, 5.41) is 3.71. The lowest BCUT2D eigenvalue weighted by atomic mass is 10.2. The summed E-state index contributed by atoms with van der Waals surface area (Å²) in [6.07, 6.45) is -0.0713. The summed E-state index contributed by atoms with van der Waals surface area (Å²) in [7, 11) is 0. The fourth-order valence-electron chi connectivity index (χ4n) is 2.24. The Labute approximate surface area is 141 Å². The van der Waals surface area contributed by atoms with Crippen LogP contribution in [-0.4, -0.2) is 9.97 Å². The van der Waals surface area contributed by atoms with E-state index in [0.29, 0.717) is 10.8 Å². The topological polar surface area (TPSA) is 37.8 Å². The first-order valence-electron chi connectivity index (χ1n) is 7.31. The van der Waals surface area contributed by atoms with Gasteiger partial charge in [-0.2, -0.15) is 13.2 Å². The third-order valence-corrected chi connectivity index (χ3v) is 4.53. The molecule has 0 spiro atoms. The highest BCUT2D eigenvalue weighted by Gasteiger charge is 2.29. The van der Waals surface area contributed by atoms with Crippen LogP contribution >= 0.6 is 11.3 Å². The molecule has 0 aliphatic rings. The highest BCUT2D eigenvalue weighted by Crippen LogP contribution is 2.34. The number of benzene rings is 1. The maximum absolute atomic E-state index is 12.6. The first-order chi connectivity index (χ1) is 11.5. The summed E-state index contributed by atoms with van der Waals surface area (Å²) < 4.78 is 37.8. The number of aryl methyl sites for hydroxylation is 1. The monoisotopic (exact) mass is 349 g/mol. The molecule has 3 nitrogen and oxygen atoms in total. The molecule has 3 rings (SSSR count). The van der Waals surface area contributed by atoms with Crippen molar-refractivity contribution in [3.8, 4) is 11.3 Å². The van der Waals surface area contributed by atoms with Crippen molar-refractivity contribution >= 4 is 22.2 Å². The number of rotatable bonds is 4. The lowest BCUT2D eigenvalue weighted by Gasteiger charge is -2.07. The van der Waals surface area contributed by atoms with Gasteiger partial charge in [-0.05, 0) is 42.8 Å². The van der Waals surface area contributed by atoms with Crippen molar-refractivity contribution in [2.45, 2.75) is 19.5 Å². The van der Waals surface area contributed by atoms with Crippen LogP contribution in [0.5, 0.6) is 0 Å². The highest BCUT2D eigenvalue weighted by molar-refractivity contribution is 7.16. The van der Waals surface area contributed by atoms with Crippen LogP contribution in [0.1, 0.15) is 17.4 Å². The van der Waals surface area contributed by atoms with E-state index in [4.69, 9.17) is 0 Å². The Hall–Kier alpha value is -2.41. The zero-order valence-corrected chi connectivity index (χ0v) is 13.6. The number of alkyl halides is 3. The second-order valence-corrected chi connectivity index (χ2v) is 6.17. The van der Waals surface area contributed by atoms with Gasteiger partial charge in [-0.15, -0.1) is 11.3 Å². The maximum Gasteiger partial charge on any atom is 0.416 e. The summed E-state index contributed by atoms with van der Waals surface area (Å²) in [4.78, 5) is 9.76. The van der Waals surface area contributed by atoms with E-state index >= 15 is 0 Å². The van der Waals surface area contributed by atoms with Gasteiger partial charge in [0.2, 0.25) is 0 Å². The number of nitrogens with one attached hydrogen (secondary N) is 1.